The Labute approximate surface area is 231 Å². The van der Waals surface area contributed by atoms with Gasteiger partial charge in [0.1, 0.15) is 12.0 Å². The number of alkyl halides is 3. The third-order valence-electron chi connectivity index (χ3n) is 6.90. The van der Waals surface area contributed by atoms with Gasteiger partial charge in [0.05, 0.1) is 6.04 Å². The zero-order valence-corrected chi connectivity index (χ0v) is 22.9. The van der Waals surface area contributed by atoms with Crippen molar-refractivity contribution in [2.24, 2.45) is 17.3 Å². The van der Waals surface area contributed by atoms with Crippen molar-refractivity contribution in [3.05, 3.63) is 35.9 Å². The second-order valence-electron chi connectivity index (χ2n) is 11.8. The molecule has 3 rings (SSSR count). The lowest BCUT2D eigenvalue weighted by molar-refractivity contribution is -0.183. The van der Waals surface area contributed by atoms with Crippen LogP contribution in [0.1, 0.15) is 58.4 Å². The molecule has 1 saturated heterocycles. The molecule has 220 valence electrons. The van der Waals surface area contributed by atoms with E-state index in [1.54, 1.807) is 39.0 Å². The second-order valence-corrected chi connectivity index (χ2v) is 11.8. The van der Waals surface area contributed by atoms with Crippen LogP contribution in [0.3, 0.4) is 0 Å². The number of ketones is 1. The number of carbonyl (C=O) groups excluding carboxylic acids is 5. The summed E-state index contributed by atoms with van der Waals surface area (Å²) in [4.78, 5) is 64.1. The lowest BCUT2D eigenvalue weighted by Crippen LogP contribution is -2.56. The predicted molar refractivity (Wildman–Crippen MR) is 140 cm³/mol. The topological polar surface area (TPSA) is 133 Å². The summed E-state index contributed by atoms with van der Waals surface area (Å²) < 4.78 is 41.8. The Morgan fingerprint density at radius 1 is 0.950 bits per heavy atom. The Morgan fingerprint density at radius 2 is 1.57 bits per heavy atom. The van der Waals surface area contributed by atoms with Crippen LogP contribution in [0.4, 0.5) is 13.2 Å². The molecular weight excluding hydrogens is 529 g/mol. The minimum Gasteiger partial charge on any atom is -0.356 e. The first kappa shape index (κ1) is 31.1. The van der Waals surface area contributed by atoms with Gasteiger partial charge in [0.25, 0.3) is 5.91 Å². The summed E-state index contributed by atoms with van der Waals surface area (Å²) in [5, 5.41) is 9.93. The molecule has 0 spiro atoms. The molecule has 0 bridgehead atoms. The van der Waals surface area contributed by atoms with Crippen molar-refractivity contribution in [1.29, 1.82) is 0 Å². The number of hydrogen-bond donors (Lipinski definition) is 4. The number of Topliss-reactive ketones (excluding diaryl/α,β-unsaturated/α-hetero) is 1. The molecule has 9 nitrogen and oxygen atoms in total. The highest BCUT2D eigenvalue weighted by Crippen LogP contribution is 2.30. The minimum absolute atomic E-state index is 0.0421. The summed E-state index contributed by atoms with van der Waals surface area (Å²) in [5.41, 5.74) is -0.296. The number of amides is 4. The molecule has 1 heterocycles. The van der Waals surface area contributed by atoms with Crippen LogP contribution in [0.25, 0.3) is 0 Å². The van der Waals surface area contributed by atoms with Gasteiger partial charge in [-0.3, -0.25) is 24.0 Å². The molecule has 1 aliphatic carbocycles. The lowest BCUT2D eigenvalue weighted by Gasteiger charge is -2.30. The van der Waals surface area contributed by atoms with Gasteiger partial charge in [-0.25, -0.2) is 0 Å². The molecule has 2 aliphatic rings. The van der Waals surface area contributed by atoms with E-state index in [0.29, 0.717) is 18.5 Å². The van der Waals surface area contributed by atoms with E-state index in [0.717, 1.165) is 12.8 Å². The molecule has 1 aromatic rings. The average molecular weight is 567 g/mol. The van der Waals surface area contributed by atoms with E-state index in [2.05, 4.69) is 21.3 Å². The summed E-state index contributed by atoms with van der Waals surface area (Å²) >= 11 is 0. The first-order chi connectivity index (χ1) is 18.6. The number of halogens is 3. The van der Waals surface area contributed by atoms with Crippen LogP contribution < -0.4 is 21.3 Å². The molecular formula is C28H37F3N4O5. The average Bonchev–Trinajstić information content (AvgIpc) is 3.59. The summed E-state index contributed by atoms with van der Waals surface area (Å²) in [6.45, 7) is 5.63. The SMILES string of the molecule is CC(C)(C)CC(NC(=O)C(Cc1ccccc1)C(F)(F)F)C(=O)NC(C[C@@H]1CCNC1=O)C(=O)C(=O)NC1CC1. The predicted octanol–water partition coefficient (Wildman–Crippen LogP) is 2.19. The van der Waals surface area contributed by atoms with Crippen molar-refractivity contribution in [2.75, 3.05) is 6.54 Å². The van der Waals surface area contributed by atoms with Crippen molar-refractivity contribution in [1.82, 2.24) is 21.3 Å². The van der Waals surface area contributed by atoms with Crippen LogP contribution in [0, 0.1) is 17.3 Å². The fourth-order valence-corrected chi connectivity index (χ4v) is 4.60. The Kier molecular flexibility index (Phi) is 9.96. The summed E-state index contributed by atoms with van der Waals surface area (Å²) in [7, 11) is 0. The van der Waals surface area contributed by atoms with Gasteiger partial charge in [-0.2, -0.15) is 13.2 Å². The summed E-state index contributed by atoms with van der Waals surface area (Å²) in [6.07, 6.45) is -3.83. The van der Waals surface area contributed by atoms with Gasteiger partial charge in [-0.1, -0.05) is 51.1 Å². The monoisotopic (exact) mass is 566 g/mol. The van der Waals surface area contributed by atoms with E-state index < -0.39 is 65.4 Å². The van der Waals surface area contributed by atoms with Crippen LogP contribution in [0.5, 0.6) is 0 Å². The summed E-state index contributed by atoms with van der Waals surface area (Å²) in [6, 6.07) is 4.80. The first-order valence-electron chi connectivity index (χ1n) is 13.5. The first-order valence-corrected chi connectivity index (χ1v) is 13.5. The van der Waals surface area contributed by atoms with E-state index in [4.69, 9.17) is 0 Å². The number of carbonyl (C=O) groups is 5. The number of benzene rings is 1. The highest BCUT2D eigenvalue weighted by molar-refractivity contribution is 6.38. The van der Waals surface area contributed by atoms with E-state index >= 15 is 0 Å². The molecule has 1 saturated carbocycles. The maximum absolute atomic E-state index is 13.9. The van der Waals surface area contributed by atoms with E-state index in [1.165, 1.54) is 12.1 Å². The molecule has 3 unspecified atom stereocenters. The zero-order valence-electron chi connectivity index (χ0n) is 22.9. The molecule has 4 amide bonds. The maximum atomic E-state index is 13.9. The van der Waals surface area contributed by atoms with Gasteiger partial charge in [0.2, 0.25) is 23.5 Å². The normalized spacial score (nSPS) is 19.6. The van der Waals surface area contributed by atoms with Crippen LogP contribution in [-0.4, -0.2) is 60.3 Å². The van der Waals surface area contributed by atoms with Crippen molar-refractivity contribution >= 4 is 29.4 Å². The molecule has 1 aromatic carbocycles. The van der Waals surface area contributed by atoms with E-state index in [1.807, 2.05) is 0 Å². The van der Waals surface area contributed by atoms with Gasteiger partial charge in [0.15, 0.2) is 0 Å². The van der Waals surface area contributed by atoms with Crippen LogP contribution in [0.15, 0.2) is 30.3 Å². The fourth-order valence-electron chi connectivity index (χ4n) is 4.60. The lowest BCUT2D eigenvalue weighted by atomic mass is 9.87. The summed E-state index contributed by atoms with van der Waals surface area (Å²) in [5.74, 6) is -7.47. The van der Waals surface area contributed by atoms with E-state index in [9.17, 15) is 37.1 Å². The molecule has 0 radical (unpaired) electrons. The smallest absolute Gasteiger partial charge is 0.356 e. The quantitative estimate of drug-likeness (QED) is 0.288. The highest BCUT2D eigenvalue weighted by Gasteiger charge is 2.46. The van der Waals surface area contributed by atoms with Crippen LogP contribution >= 0.6 is 0 Å². The molecule has 2 fully saturated rings. The Hall–Kier alpha value is -3.44. The fraction of sp³-hybridized carbons (Fsp3) is 0.607. The van der Waals surface area contributed by atoms with Gasteiger partial charge < -0.3 is 21.3 Å². The van der Waals surface area contributed by atoms with Crippen LogP contribution in [-0.2, 0) is 30.4 Å². The Morgan fingerprint density at radius 3 is 2.10 bits per heavy atom. The molecule has 1 aliphatic heterocycles. The number of nitrogens with one attached hydrogen (secondary N) is 4. The molecule has 4 N–H and O–H groups in total. The molecule has 40 heavy (non-hydrogen) atoms. The van der Waals surface area contributed by atoms with Gasteiger partial charge >= 0.3 is 6.18 Å². The van der Waals surface area contributed by atoms with Gasteiger partial charge in [0, 0.05) is 18.5 Å². The molecule has 0 aromatic heterocycles. The Balaban J connectivity index is 1.80. The molecule has 12 heteroatoms. The third kappa shape index (κ3) is 9.34. The maximum Gasteiger partial charge on any atom is 0.400 e. The minimum atomic E-state index is -4.88. The van der Waals surface area contributed by atoms with Crippen molar-refractivity contribution in [3.63, 3.8) is 0 Å². The standard InChI is InChI=1S/C28H37F3N4O5/c1-27(2,3)15-21(35-24(38)19(28(29,30)31)13-16-7-5-4-6-8-16)25(39)34-20(14-17-11-12-32-23(17)37)22(36)26(40)33-18-9-10-18/h4-8,17-21H,9-15H2,1-3H3,(H,32,37)(H,33,40)(H,34,39)(H,35,38)/t17-,19?,20?,21?/m0/s1. The van der Waals surface area contributed by atoms with Crippen LogP contribution in [0.2, 0.25) is 0 Å². The number of hydrogen-bond acceptors (Lipinski definition) is 5. The second kappa shape index (κ2) is 12.8. The van der Waals surface area contributed by atoms with Crippen molar-refractivity contribution in [3.8, 4) is 0 Å². The van der Waals surface area contributed by atoms with E-state index in [-0.39, 0.29) is 24.8 Å². The highest BCUT2D eigenvalue weighted by atomic mass is 19.4. The van der Waals surface area contributed by atoms with Crippen molar-refractivity contribution in [2.45, 2.75) is 83.6 Å². The number of rotatable bonds is 12. The largest absolute Gasteiger partial charge is 0.400 e. The van der Waals surface area contributed by atoms with Crippen molar-refractivity contribution < 1.29 is 37.1 Å². The zero-order chi connectivity index (χ0) is 29.7. The Bertz CT molecular complexity index is 1100. The van der Waals surface area contributed by atoms with Gasteiger partial charge in [-0.15, -0.1) is 0 Å². The third-order valence-corrected chi connectivity index (χ3v) is 6.90. The van der Waals surface area contributed by atoms with Gasteiger partial charge in [-0.05, 0) is 49.5 Å². The molecule has 4 atom stereocenters.